The van der Waals surface area contributed by atoms with Gasteiger partial charge >= 0.3 is 0 Å². The third kappa shape index (κ3) is 6.89. The van der Waals surface area contributed by atoms with Gasteiger partial charge in [-0.3, -0.25) is 4.90 Å². The summed E-state index contributed by atoms with van der Waals surface area (Å²) in [5, 5.41) is 3.97. The van der Waals surface area contributed by atoms with E-state index in [2.05, 4.69) is 62.0 Å². The van der Waals surface area contributed by atoms with Crippen LogP contribution in [0.25, 0.3) is 0 Å². The predicted octanol–water partition coefficient (Wildman–Crippen LogP) is 7.55. The van der Waals surface area contributed by atoms with Crippen molar-refractivity contribution in [2.75, 3.05) is 13.1 Å². The Morgan fingerprint density at radius 1 is 1.06 bits per heavy atom. The van der Waals surface area contributed by atoms with E-state index >= 15 is 0 Å². The first-order chi connectivity index (χ1) is 16.9. The molecule has 0 amide bonds. The Kier molecular flexibility index (Phi) is 8.93. The molecule has 5 nitrogen and oxygen atoms in total. The second-order valence-corrected chi connectivity index (χ2v) is 11.4. The summed E-state index contributed by atoms with van der Waals surface area (Å²) in [5.74, 6) is 3.09. The topological polar surface area (TPSA) is 47.7 Å². The molecule has 35 heavy (non-hydrogen) atoms. The first-order valence-corrected chi connectivity index (χ1v) is 14.0. The molecule has 2 aliphatic heterocycles. The summed E-state index contributed by atoms with van der Waals surface area (Å²) in [7, 11) is 0. The molecular formula is C30H46N2O3. The molecule has 1 spiro atoms. The summed E-state index contributed by atoms with van der Waals surface area (Å²) >= 11 is 0. The molecule has 3 aliphatic rings. The van der Waals surface area contributed by atoms with Gasteiger partial charge in [0.25, 0.3) is 0 Å². The normalized spacial score (nSPS) is 20.5. The van der Waals surface area contributed by atoms with E-state index in [1.807, 2.05) is 6.92 Å². The highest BCUT2D eigenvalue weighted by atomic mass is 16.7. The van der Waals surface area contributed by atoms with Crippen LogP contribution < -0.4 is 4.74 Å². The SMILES string of the molecule is CCCC(CCC(C)C)c1cc(C)no1.Cc1ccc2c(c1)COC1(CCN(C3CCC3)CC1)O2. The quantitative estimate of drug-likeness (QED) is 0.408. The van der Waals surface area contributed by atoms with Gasteiger partial charge in [-0.2, -0.15) is 0 Å². The van der Waals surface area contributed by atoms with E-state index < -0.39 is 0 Å². The van der Waals surface area contributed by atoms with Crippen molar-refractivity contribution in [3.8, 4) is 5.75 Å². The Hall–Kier alpha value is -1.85. The van der Waals surface area contributed by atoms with E-state index in [1.54, 1.807) is 0 Å². The number of fused-ring (bicyclic) bond motifs is 1. The highest BCUT2D eigenvalue weighted by Gasteiger charge is 2.42. The van der Waals surface area contributed by atoms with E-state index in [-0.39, 0.29) is 5.79 Å². The zero-order chi connectivity index (χ0) is 24.8. The lowest BCUT2D eigenvalue weighted by Crippen LogP contribution is -2.54. The average Bonchev–Trinajstić information content (AvgIpc) is 3.24. The van der Waals surface area contributed by atoms with E-state index in [9.17, 15) is 0 Å². The molecule has 3 heterocycles. The van der Waals surface area contributed by atoms with E-state index in [0.717, 1.165) is 55.1 Å². The molecule has 1 saturated heterocycles. The number of likely N-dealkylation sites (tertiary alicyclic amines) is 1. The van der Waals surface area contributed by atoms with Gasteiger partial charge in [-0.1, -0.05) is 62.9 Å². The van der Waals surface area contributed by atoms with Gasteiger partial charge in [0.1, 0.15) is 11.5 Å². The summed E-state index contributed by atoms with van der Waals surface area (Å²) in [6.07, 6.45) is 11.1. The molecule has 0 N–H and O–H groups in total. The number of hydrogen-bond acceptors (Lipinski definition) is 5. The molecule has 0 bridgehead atoms. The van der Waals surface area contributed by atoms with Crippen molar-refractivity contribution in [3.05, 3.63) is 46.8 Å². The van der Waals surface area contributed by atoms with Crippen LogP contribution in [0.3, 0.4) is 0 Å². The number of benzene rings is 1. The Morgan fingerprint density at radius 3 is 2.43 bits per heavy atom. The summed E-state index contributed by atoms with van der Waals surface area (Å²) in [6, 6.07) is 9.33. The van der Waals surface area contributed by atoms with Crippen LogP contribution in [0.5, 0.6) is 5.75 Å². The van der Waals surface area contributed by atoms with Gasteiger partial charge in [-0.15, -0.1) is 0 Å². The fourth-order valence-corrected chi connectivity index (χ4v) is 5.48. The van der Waals surface area contributed by atoms with Crippen LogP contribution in [-0.2, 0) is 11.3 Å². The van der Waals surface area contributed by atoms with Crippen LogP contribution in [0.1, 0.15) is 107 Å². The average molecular weight is 483 g/mol. The lowest BCUT2D eigenvalue weighted by molar-refractivity contribution is -0.231. The fourth-order valence-electron chi connectivity index (χ4n) is 5.48. The van der Waals surface area contributed by atoms with E-state index in [1.165, 1.54) is 56.1 Å². The zero-order valence-electron chi connectivity index (χ0n) is 22.6. The second-order valence-electron chi connectivity index (χ2n) is 11.4. The van der Waals surface area contributed by atoms with Gasteiger partial charge < -0.3 is 14.0 Å². The highest BCUT2D eigenvalue weighted by Crippen LogP contribution is 2.39. The Labute approximate surface area is 212 Å². The number of rotatable bonds is 7. The summed E-state index contributed by atoms with van der Waals surface area (Å²) in [6.45, 7) is 13.8. The van der Waals surface area contributed by atoms with Crippen LogP contribution >= 0.6 is 0 Å². The van der Waals surface area contributed by atoms with Crippen molar-refractivity contribution < 1.29 is 14.0 Å². The number of piperidine rings is 1. The van der Waals surface area contributed by atoms with Crippen molar-refractivity contribution in [1.29, 1.82) is 0 Å². The summed E-state index contributed by atoms with van der Waals surface area (Å²) in [4.78, 5) is 2.63. The maximum atomic E-state index is 6.25. The maximum absolute atomic E-state index is 6.25. The highest BCUT2D eigenvalue weighted by molar-refractivity contribution is 5.37. The number of nitrogens with zero attached hydrogens (tertiary/aromatic N) is 2. The van der Waals surface area contributed by atoms with Crippen molar-refractivity contribution in [1.82, 2.24) is 10.1 Å². The minimum absolute atomic E-state index is 0.359. The molecule has 194 valence electrons. The van der Waals surface area contributed by atoms with Gasteiger partial charge in [-0.25, -0.2) is 0 Å². The molecule has 1 aromatic carbocycles. The number of aryl methyl sites for hydroxylation is 2. The van der Waals surface area contributed by atoms with Gasteiger partial charge in [0.2, 0.25) is 5.79 Å². The summed E-state index contributed by atoms with van der Waals surface area (Å²) < 4.78 is 17.7. The van der Waals surface area contributed by atoms with Crippen molar-refractivity contribution in [2.45, 2.75) is 117 Å². The van der Waals surface area contributed by atoms with Crippen LogP contribution in [0.2, 0.25) is 0 Å². The molecule has 1 aliphatic carbocycles. The lowest BCUT2D eigenvalue weighted by atomic mass is 9.89. The first kappa shape index (κ1) is 26.2. The number of hydrogen-bond donors (Lipinski definition) is 0. The predicted molar refractivity (Wildman–Crippen MR) is 141 cm³/mol. The van der Waals surface area contributed by atoms with E-state index in [4.69, 9.17) is 14.0 Å². The largest absolute Gasteiger partial charge is 0.462 e. The molecule has 5 rings (SSSR count). The third-order valence-corrected chi connectivity index (χ3v) is 7.93. The molecule has 1 saturated carbocycles. The third-order valence-electron chi connectivity index (χ3n) is 7.93. The zero-order valence-corrected chi connectivity index (χ0v) is 22.6. The Morgan fingerprint density at radius 2 is 1.83 bits per heavy atom. The van der Waals surface area contributed by atoms with Crippen LogP contribution in [-0.4, -0.2) is 35.0 Å². The number of ether oxygens (including phenoxy) is 2. The molecule has 1 atom stereocenters. The second kappa shape index (κ2) is 11.9. The van der Waals surface area contributed by atoms with Gasteiger partial charge in [0, 0.05) is 49.5 Å². The minimum atomic E-state index is -0.359. The van der Waals surface area contributed by atoms with Gasteiger partial charge in [-0.05, 0) is 51.5 Å². The molecule has 2 fully saturated rings. The van der Waals surface area contributed by atoms with Crippen molar-refractivity contribution in [3.63, 3.8) is 0 Å². The Balaban J connectivity index is 0.000000174. The number of aromatic nitrogens is 1. The summed E-state index contributed by atoms with van der Waals surface area (Å²) in [5.41, 5.74) is 3.46. The van der Waals surface area contributed by atoms with Gasteiger partial charge in [0.15, 0.2) is 0 Å². The van der Waals surface area contributed by atoms with E-state index in [0.29, 0.717) is 12.5 Å². The molecule has 1 aromatic heterocycles. The smallest absolute Gasteiger partial charge is 0.213 e. The fraction of sp³-hybridized carbons (Fsp3) is 0.700. The van der Waals surface area contributed by atoms with Crippen molar-refractivity contribution in [2.24, 2.45) is 5.92 Å². The van der Waals surface area contributed by atoms with Crippen LogP contribution in [0.15, 0.2) is 28.8 Å². The molecule has 2 aromatic rings. The van der Waals surface area contributed by atoms with Crippen molar-refractivity contribution >= 4 is 0 Å². The standard InChI is InChI=1S/C17H23NO2.C13H23NO/c1-13-5-6-16-14(11-13)12-19-17(20-16)7-9-18(10-8-17)15-3-2-4-15;1-5-6-12(8-7-10(2)3)13-9-11(4)14-15-13/h5-6,11,15H,2-4,7-10,12H2,1H3;9-10,12H,5-8H2,1-4H3. The molecular weight excluding hydrogens is 436 g/mol. The van der Waals surface area contributed by atoms with Gasteiger partial charge in [0.05, 0.1) is 12.3 Å². The maximum Gasteiger partial charge on any atom is 0.213 e. The molecule has 1 unspecified atom stereocenters. The lowest BCUT2D eigenvalue weighted by Gasteiger charge is -2.47. The monoisotopic (exact) mass is 482 g/mol. The first-order valence-electron chi connectivity index (χ1n) is 14.0. The van der Waals surface area contributed by atoms with Crippen LogP contribution in [0.4, 0.5) is 0 Å². The molecule has 5 heteroatoms. The minimum Gasteiger partial charge on any atom is -0.462 e. The molecule has 0 radical (unpaired) electrons. The van der Waals surface area contributed by atoms with Crippen LogP contribution in [0, 0.1) is 19.8 Å². The Bertz CT molecular complexity index is 925.